The summed E-state index contributed by atoms with van der Waals surface area (Å²) < 4.78 is 1.23. The van der Waals surface area contributed by atoms with E-state index in [2.05, 4.69) is 56.8 Å². The lowest BCUT2D eigenvalue weighted by molar-refractivity contribution is 0.685. The standard InChI is InChI=1S/C12H12IN3/c13-9-3-1-8(2-4-9)10-7-15-11(16-10)12(14)5-6-12/h1-4,7H,5-6,14H2,(H,15,16). The highest BCUT2D eigenvalue weighted by atomic mass is 127. The maximum Gasteiger partial charge on any atom is 0.126 e. The number of nitrogens with two attached hydrogens (primary N) is 1. The van der Waals surface area contributed by atoms with Crippen LogP contribution in [0.15, 0.2) is 30.5 Å². The van der Waals surface area contributed by atoms with Gasteiger partial charge in [-0.25, -0.2) is 4.98 Å². The van der Waals surface area contributed by atoms with Crippen molar-refractivity contribution < 1.29 is 0 Å². The first-order valence-electron chi connectivity index (χ1n) is 5.28. The third-order valence-electron chi connectivity index (χ3n) is 2.99. The van der Waals surface area contributed by atoms with Crippen molar-refractivity contribution in [3.8, 4) is 11.3 Å². The van der Waals surface area contributed by atoms with E-state index in [1.165, 1.54) is 3.57 Å². The quantitative estimate of drug-likeness (QED) is 0.834. The van der Waals surface area contributed by atoms with Crippen molar-refractivity contribution in [3.05, 3.63) is 39.9 Å². The first-order valence-corrected chi connectivity index (χ1v) is 6.36. The maximum atomic E-state index is 6.09. The van der Waals surface area contributed by atoms with Crippen molar-refractivity contribution in [2.75, 3.05) is 0 Å². The molecule has 3 N–H and O–H groups in total. The van der Waals surface area contributed by atoms with Gasteiger partial charge in [0.05, 0.1) is 17.4 Å². The highest BCUT2D eigenvalue weighted by molar-refractivity contribution is 14.1. The minimum atomic E-state index is -0.179. The second kappa shape index (κ2) is 3.56. The number of halogens is 1. The third kappa shape index (κ3) is 1.76. The Hall–Kier alpha value is -0.880. The molecule has 1 saturated carbocycles. The van der Waals surface area contributed by atoms with E-state index in [1.54, 1.807) is 0 Å². The molecule has 2 aromatic rings. The van der Waals surface area contributed by atoms with Crippen molar-refractivity contribution in [2.45, 2.75) is 18.4 Å². The average Bonchev–Trinajstić information content (AvgIpc) is 2.84. The van der Waals surface area contributed by atoms with Crippen LogP contribution in [-0.2, 0) is 5.54 Å². The van der Waals surface area contributed by atoms with Crippen LogP contribution >= 0.6 is 22.6 Å². The summed E-state index contributed by atoms with van der Waals surface area (Å²) in [5.41, 5.74) is 8.11. The molecule has 0 radical (unpaired) electrons. The molecule has 82 valence electrons. The molecular weight excluding hydrogens is 313 g/mol. The first kappa shape index (κ1) is 10.3. The maximum absolute atomic E-state index is 6.09. The Bertz CT molecular complexity index is 511. The zero-order valence-corrected chi connectivity index (χ0v) is 10.9. The molecule has 0 spiro atoms. The van der Waals surface area contributed by atoms with Crippen LogP contribution in [0.2, 0.25) is 0 Å². The van der Waals surface area contributed by atoms with Gasteiger partial charge < -0.3 is 10.7 Å². The van der Waals surface area contributed by atoms with Gasteiger partial charge in [0.1, 0.15) is 5.82 Å². The number of imidazole rings is 1. The Morgan fingerprint density at radius 1 is 1.25 bits per heavy atom. The number of aromatic nitrogens is 2. The predicted octanol–water partition coefficient (Wildman–Crippen LogP) is 2.63. The lowest BCUT2D eigenvalue weighted by Gasteiger charge is -2.03. The summed E-state index contributed by atoms with van der Waals surface area (Å²) in [6.45, 7) is 0. The number of hydrogen-bond acceptors (Lipinski definition) is 2. The average molecular weight is 325 g/mol. The molecule has 1 heterocycles. The molecule has 1 fully saturated rings. The molecule has 1 aromatic carbocycles. The van der Waals surface area contributed by atoms with Gasteiger partial charge in [-0.2, -0.15) is 0 Å². The molecule has 16 heavy (non-hydrogen) atoms. The van der Waals surface area contributed by atoms with E-state index >= 15 is 0 Å². The Morgan fingerprint density at radius 2 is 1.94 bits per heavy atom. The third-order valence-corrected chi connectivity index (χ3v) is 3.71. The minimum Gasteiger partial charge on any atom is -0.340 e. The van der Waals surface area contributed by atoms with E-state index in [-0.39, 0.29) is 5.54 Å². The number of nitrogens with zero attached hydrogens (tertiary/aromatic N) is 1. The Kier molecular flexibility index (Phi) is 2.29. The van der Waals surface area contributed by atoms with E-state index in [1.807, 2.05) is 6.20 Å². The van der Waals surface area contributed by atoms with Gasteiger partial charge in [0.15, 0.2) is 0 Å². The molecular formula is C12H12IN3. The van der Waals surface area contributed by atoms with E-state index in [0.29, 0.717) is 0 Å². The van der Waals surface area contributed by atoms with Crippen LogP contribution in [0.3, 0.4) is 0 Å². The fourth-order valence-electron chi connectivity index (χ4n) is 1.72. The molecule has 1 aliphatic carbocycles. The molecule has 3 nitrogen and oxygen atoms in total. The predicted molar refractivity (Wildman–Crippen MR) is 71.8 cm³/mol. The molecule has 0 bridgehead atoms. The van der Waals surface area contributed by atoms with Crippen LogP contribution in [0, 0.1) is 3.57 Å². The smallest absolute Gasteiger partial charge is 0.126 e. The molecule has 0 aliphatic heterocycles. The molecule has 4 heteroatoms. The van der Waals surface area contributed by atoms with Gasteiger partial charge >= 0.3 is 0 Å². The van der Waals surface area contributed by atoms with Gasteiger partial charge in [-0.1, -0.05) is 12.1 Å². The number of hydrogen-bond donors (Lipinski definition) is 2. The van der Waals surface area contributed by atoms with Crippen LogP contribution < -0.4 is 5.73 Å². The second-order valence-electron chi connectivity index (χ2n) is 4.31. The largest absolute Gasteiger partial charge is 0.340 e. The van der Waals surface area contributed by atoms with E-state index in [4.69, 9.17) is 5.73 Å². The van der Waals surface area contributed by atoms with Crippen molar-refractivity contribution in [1.82, 2.24) is 9.97 Å². The fourth-order valence-corrected chi connectivity index (χ4v) is 2.08. The Labute approximate surface area is 108 Å². The number of rotatable bonds is 2. The molecule has 1 aromatic heterocycles. The van der Waals surface area contributed by atoms with Crippen LogP contribution in [0.4, 0.5) is 0 Å². The summed E-state index contributed by atoms with van der Waals surface area (Å²) in [4.78, 5) is 7.68. The summed E-state index contributed by atoms with van der Waals surface area (Å²) in [6, 6.07) is 8.36. The first-order chi connectivity index (χ1) is 7.67. The molecule has 0 unspecified atom stereocenters. The van der Waals surface area contributed by atoms with Crippen LogP contribution in [0.25, 0.3) is 11.3 Å². The van der Waals surface area contributed by atoms with Crippen LogP contribution in [-0.4, -0.2) is 9.97 Å². The van der Waals surface area contributed by atoms with Crippen LogP contribution in [0.5, 0.6) is 0 Å². The lowest BCUT2D eigenvalue weighted by atomic mass is 10.2. The Morgan fingerprint density at radius 3 is 2.56 bits per heavy atom. The van der Waals surface area contributed by atoms with Gasteiger partial charge in [-0.15, -0.1) is 0 Å². The molecule has 0 amide bonds. The van der Waals surface area contributed by atoms with E-state index in [0.717, 1.165) is 29.9 Å². The molecule has 0 saturated heterocycles. The summed E-state index contributed by atoms with van der Waals surface area (Å²) in [5, 5.41) is 0. The van der Waals surface area contributed by atoms with Crippen molar-refractivity contribution in [3.63, 3.8) is 0 Å². The number of aromatic amines is 1. The summed E-state index contributed by atoms with van der Waals surface area (Å²) in [5.74, 6) is 0.918. The fraction of sp³-hybridized carbons (Fsp3) is 0.250. The Balaban J connectivity index is 1.95. The number of H-pyrrole nitrogens is 1. The second-order valence-corrected chi connectivity index (χ2v) is 5.55. The number of benzene rings is 1. The van der Waals surface area contributed by atoms with E-state index < -0.39 is 0 Å². The zero-order valence-electron chi connectivity index (χ0n) is 8.70. The highest BCUT2D eigenvalue weighted by Gasteiger charge is 2.42. The zero-order chi connectivity index (χ0) is 11.2. The van der Waals surface area contributed by atoms with Crippen molar-refractivity contribution in [1.29, 1.82) is 0 Å². The van der Waals surface area contributed by atoms with Crippen molar-refractivity contribution >= 4 is 22.6 Å². The van der Waals surface area contributed by atoms with Gasteiger partial charge in [0.2, 0.25) is 0 Å². The lowest BCUT2D eigenvalue weighted by Crippen LogP contribution is -2.20. The SMILES string of the molecule is NC1(c2ncc(-c3ccc(I)cc3)[nH]2)CC1. The van der Waals surface area contributed by atoms with Gasteiger partial charge in [0.25, 0.3) is 0 Å². The molecule has 0 atom stereocenters. The van der Waals surface area contributed by atoms with E-state index in [9.17, 15) is 0 Å². The normalized spacial score (nSPS) is 17.4. The summed E-state index contributed by atoms with van der Waals surface area (Å²) in [6.07, 6.45) is 3.93. The number of nitrogens with one attached hydrogen (secondary N) is 1. The summed E-state index contributed by atoms with van der Waals surface area (Å²) in [7, 11) is 0. The van der Waals surface area contributed by atoms with Gasteiger partial charge in [-0.3, -0.25) is 0 Å². The van der Waals surface area contributed by atoms with Gasteiger partial charge in [0, 0.05) is 3.57 Å². The molecule has 3 rings (SSSR count). The minimum absolute atomic E-state index is 0.179. The topological polar surface area (TPSA) is 54.7 Å². The summed E-state index contributed by atoms with van der Waals surface area (Å²) >= 11 is 2.30. The van der Waals surface area contributed by atoms with Gasteiger partial charge in [-0.05, 0) is 53.1 Å². The monoisotopic (exact) mass is 325 g/mol. The molecule has 1 aliphatic rings. The van der Waals surface area contributed by atoms with Crippen molar-refractivity contribution in [2.24, 2.45) is 5.73 Å². The van der Waals surface area contributed by atoms with Crippen LogP contribution in [0.1, 0.15) is 18.7 Å². The highest BCUT2D eigenvalue weighted by Crippen LogP contribution is 2.41.